The standard InChI is InChI=1S/C16H20BNO7S/c1-24-11-3-2-9-6-12(17(23)25-15(9)14(11)16(21)22)26-8-13(20)18-5-4-10(19)7-18/h2-3,10,12,19,23H,4-8H2,1H3,(H,21,22). The maximum atomic E-state index is 12.2. The van der Waals surface area contributed by atoms with Gasteiger partial charge in [0.25, 0.3) is 0 Å². The largest absolute Gasteiger partial charge is 0.536 e. The predicted molar refractivity (Wildman–Crippen MR) is 95.7 cm³/mol. The number of methoxy groups -OCH3 is 1. The van der Waals surface area contributed by atoms with E-state index in [4.69, 9.17) is 9.39 Å². The fraction of sp³-hybridized carbons (Fsp3) is 0.500. The molecule has 3 N–H and O–H groups in total. The maximum absolute atomic E-state index is 12.2. The second-order valence-corrected chi connectivity index (χ2v) is 7.51. The number of benzene rings is 1. The van der Waals surface area contributed by atoms with Gasteiger partial charge in [-0.15, -0.1) is 11.8 Å². The number of carboxylic acids is 1. The number of ether oxygens (including phenoxy) is 1. The normalized spacial score (nSPS) is 22.0. The number of aliphatic hydroxyl groups excluding tert-OH is 1. The molecule has 0 spiro atoms. The molecule has 2 atom stereocenters. The number of amides is 1. The fourth-order valence-corrected chi connectivity index (χ4v) is 4.23. The van der Waals surface area contributed by atoms with Crippen LogP contribution in [0.25, 0.3) is 0 Å². The highest BCUT2D eigenvalue weighted by molar-refractivity contribution is 8.01. The SMILES string of the molecule is COc1ccc2c(c1C(=O)O)OB(O)C(SCC(=O)N1CCC(O)C1)C2. The van der Waals surface area contributed by atoms with E-state index in [2.05, 4.69) is 0 Å². The zero-order chi connectivity index (χ0) is 18.8. The third-order valence-corrected chi connectivity index (χ3v) is 5.79. The number of likely N-dealkylation sites (tertiary alicyclic amines) is 1. The number of thioether (sulfide) groups is 1. The summed E-state index contributed by atoms with van der Waals surface area (Å²) in [6.07, 6.45) is 0.490. The molecule has 2 aliphatic rings. The van der Waals surface area contributed by atoms with Crippen LogP contribution in [0.3, 0.4) is 0 Å². The molecule has 140 valence electrons. The summed E-state index contributed by atoms with van der Waals surface area (Å²) >= 11 is 1.26. The van der Waals surface area contributed by atoms with E-state index in [9.17, 15) is 24.8 Å². The van der Waals surface area contributed by atoms with Crippen LogP contribution in [0.5, 0.6) is 11.5 Å². The lowest BCUT2D eigenvalue weighted by Crippen LogP contribution is -2.42. The Balaban J connectivity index is 1.69. The predicted octanol–water partition coefficient (Wildman–Crippen LogP) is 0.0430. The molecule has 2 heterocycles. The molecule has 3 rings (SSSR count). The van der Waals surface area contributed by atoms with E-state index < -0.39 is 24.3 Å². The number of rotatable bonds is 5. The molecular weight excluding hydrogens is 361 g/mol. The van der Waals surface area contributed by atoms with Gasteiger partial charge in [-0.1, -0.05) is 6.07 Å². The number of carbonyl (C=O) groups is 2. The van der Waals surface area contributed by atoms with Crippen molar-refractivity contribution in [1.29, 1.82) is 0 Å². The van der Waals surface area contributed by atoms with Crippen molar-refractivity contribution >= 4 is 30.8 Å². The van der Waals surface area contributed by atoms with Gasteiger partial charge in [0.2, 0.25) is 5.91 Å². The Bertz CT molecular complexity index is 716. The summed E-state index contributed by atoms with van der Waals surface area (Å²) < 4.78 is 10.5. The highest BCUT2D eigenvalue weighted by Gasteiger charge is 2.39. The van der Waals surface area contributed by atoms with Crippen molar-refractivity contribution in [3.63, 3.8) is 0 Å². The number of carbonyl (C=O) groups excluding carboxylic acids is 1. The molecule has 2 unspecified atom stereocenters. The van der Waals surface area contributed by atoms with Gasteiger partial charge in [-0.2, -0.15) is 0 Å². The van der Waals surface area contributed by atoms with E-state index in [0.717, 1.165) is 0 Å². The number of hydrogen-bond donors (Lipinski definition) is 3. The molecule has 8 nitrogen and oxygen atoms in total. The lowest BCUT2D eigenvalue weighted by molar-refractivity contribution is -0.127. The number of fused-ring (bicyclic) bond motifs is 1. The van der Waals surface area contributed by atoms with Gasteiger partial charge in [-0.3, -0.25) is 4.79 Å². The Morgan fingerprint density at radius 3 is 2.85 bits per heavy atom. The second kappa shape index (κ2) is 7.77. The Morgan fingerprint density at radius 1 is 1.46 bits per heavy atom. The maximum Gasteiger partial charge on any atom is 0.536 e. The van der Waals surface area contributed by atoms with Crippen molar-refractivity contribution in [1.82, 2.24) is 4.90 Å². The number of nitrogens with zero attached hydrogens (tertiary/aromatic N) is 1. The first-order valence-electron chi connectivity index (χ1n) is 8.26. The molecule has 0 bridgehead atoms. The monoisotopic (exact) mass is 381 g/mol. The summed E-state index contributed by atoms with van der Waals surface area (Å²) in [6.45, 7) is 0.878. The van der Waals surface area contributed by atoms with Crippen LogP contribution in [0.4, 0.5) is 0 Å². The summed E-state index contributed by atoms with van der Waals surface area (Å²) in [6, 6.07) is 3.26. The van der Waals surface area contributed by atoms with Crippen molar-refractivity contribution in [3.8, 4) is 11.5 Å². The Morgan fingerprint density at radius 2 is 2.23 bits per heavy atom. The summed E-state index contributed by atoms with van der Waals surface area (Å²) in [5, 5.41) is 28.8. The topological polar surface area (TPSA) is 117 Å². The fourth-order valence-electron chi connectivity index (χ4n) is 3.17. The Labute approximate surface area is 155 Å². The van der Waals surface area contributed by atoms with Crippen molar-refractivity contribution in [2.24, 2.45) is 0 Å². The molecule has 1 aromatic rings. The Kier molecular flexibility index (Phi) is 5.64. The van der Waals surface area contributed by atoms with Crippen LogP contribution in [-0.2, 0) is 11.2 Å². The average molecular weight is 381 g/mol. The molecule has 1 amide bonds. The average Bonchev–Trinajstić information content (AvgIpc) is 3.05. The Hall–Kier alpha value is -1.91. The van der Waals surface area contributed by atoms with E-state index in [1.165, 1.54) is 18.9 Å². The van der Waals surface area contributed by atoms with Crippen molar-refractivity contribution in [2.45, 2.75) is 24.1 Å². The van der Waals surface area contributed by atoms with E-state index in [0.29, 0.717) is 31.5 Å². The van der Waals surface area contributed by atoms with Gasteiger partial charge >= 0.3 is 13.1 Å². The number of hydrogen-bond acceptors (Lipinski definition) is 7. The molecule has 26 heavy (non-hydrogen) atoms. The zero-order valence-corrected chi connectivity index (χ0v) is 15.1. The van der Waals surface area contributed by atoms with Crippen LogP contribution < -0.4 is 9.39 Å². The van der Waals surface area contributed by atoms with Gasteiger partial charge in [-0.05, 0) is 24.5 Å². The lowest BCUT2D eigenvalue weighted by Gasteiger charge is -2.28. The summed E-state index contributed by atoms with van der Waals surface area (Å²) in [5.41, 5.74) is 0.532. The van der Waals surface area contributed by atoms with Crippen LogP contribution in [0.1, 0.15) is 22.3 Å². The van der Waals surface area contributed by atoms with Crippen LogP contribution in [0.15, 0.2) is 12.1 Å². The highest BCUT2D eigenvalue weighted by atomic mass is 32.2. The van der Waals surface area contributed by atoms with Gasteiger partial charge in [0.05, 0.1) is 24.1 Å². The summed E-state index contributed by atoms with van der Waals surface area (Å²) in [4.78, 5) is 25.3. The van der Waals surface area contributed by atoms with Crippen LogP contribution in [-0.4, -0.2) is 76.3 Å². The molecular formula is C16H20BNO7S. The van der Waals surface area contributed by atoms with Crippen LogP contribution in [0, 0.1) is 0 Å². The second-order valence-electron chi connectivity index (χ2n) is 6.28. The van der Waals surface area contributed by atoms with E-state index in [1.807, 2.05) is 0 Å². The van der Waals surface area contributed by atoms with Crippen LogP contribution >= 0.6 is 11.8 Å². The molecule has 1 fully saturated rings. The van der Waals surface area contributed by atoms with E-state index in [1.54, 1.807) is 17.0 Å². The first-order valence-corrected chi connectivity index (χ1v) is 9.31. The van der Waals surface area contributed by atoms with Crippen molar-refractivity contribution in [3.05, 3.63) is 23.3 Å². The number of aromatic carboxylic acids is 1. The first kappa shape index (κ1) is 18.9. The molecule has 0 radical (unpaired) electrons. The molecule has 0 aromatic heterocycles. The minimum Gasteiger partial charge on any atom is -0.534 e. The third-order valence-electron chi connectivity index (χ3n) is 4.55. The van der Waals surface area contributed by atoms with Crippen LogP contribution in [0.2, 0.25) is 0 Å². The smallest absolute Gasteiger partial charge is 0.534 e. The lowest BCUT2D eigenvalue weighted by atomic mass is 9.77. The summed E-state index contributed by atoms with van der Waals surface area (Å²) in [7, 11) is 0.141. The molecule has 1 aromatic carbocycles. The molecule has 0 saturated carbocycles. The van der Waals surface area contributed by atoms with E-state index >= 15 is 0 Å². The highest BCUT2D eigenvalue weighted by Crippen LogP contribution is 2.38. The van der Waals surface area contributed by atoms with Gasteiger partial charge in [0, 0.05) is 13.1 Å². The third kappa shape index (κ3) is 3.77. The molecule has 1 saturated heterocycles. The number of carboxylic acid groups (broad SMARTS) is 1. The van der Waals surface area contributed by atoms with Gasteiger partial charge in [0.1, 0.15) is 17.1 Å². The number of aliphatic hydroxyl groups is 1. The number of β-amino-alcohol motifs (C(OH)–C–C–N with tert-alkyl or cyclic N) is 1. The quantitative estimate of drug-likeness (QED) is 0.613. The van der Waals surface area contributed by atoms with Crippen molar-refractivity contribution < 1.29 is 34.2 Å². The molecule has 0 aliphatic carbocycles. The first-order chi connectivity index (χ1) is 12.4. The van der Waals surface area contributed by atoms with Gasteiger partial charge in [-0.25, -0.2) is 4.79 Å². The zero-order valence-electron chi connectivity index (χ0n) is 14.3. The van der Waals surface area contributed by atoms with Gasteiger partial charge < -0.3 is 29.5 Å². The van der Waals surface area contributed by atoms with Gasteiger partial charge in [0.15, 0.2) is 0 Å². The minimum atomic E-state index is -1.23. The summed E-state index contributed by atoms with van der Waals surface area (Å²) in [5.74, 6) is -0.854. The van der Waals surface area contributed by atoms with E-state index in [-0.39, 0.29) is 28.7 Å². The minimum absolute atomic E-state index is 0.0921. The van der Waals surface area contributed by atoms with Crippen molar-refractivity contribution in [2.75, 3.05) is 26.0 Å². The molecule has 2 aliphatic heterocycles. The molecule has 10 heteroatoms.